The van der Waals surface area contributed by atoms with Crippen LogP contribution in [0.25, 0.3) is 0 Å². The molecule has 0 spiro atoms. The number of hydrogen-bond donors (Lipinski definition) is 1. The van der Waals surface area contributed by atoms with Gasteiger partial charge in [-0.1, -0.05) is 0 Å². The van der Waals surface area contributed by atoms with Crippen LogP contribution in [0.5, 0.6) is 0 Å². The molecular formula is C10H18N2OS. The van der Waals surface area contributed by atoms with E-state index in [-0.39, 0.29) is 0 Å². The van der Waals surface area contributed by atoms with Crippen molar-refractivity contribution < 1.29 is 4.74 Å². The Bertz CT molecular complexity index is 226. The first-order chi connectivity index (χ1) is 6.84. The van der Waals surface area contributed by atoms with Crippen molar-refractivity contribution >= 4 is 11.3 Å². The van der Waals surface area contributed by atoms with Crippen LogP contribution >= 0.6 is 11.3 Å². The van der Waals surface area contributed by atoms with Gasteiger partial charge >= 0.3 is 0 Å². The summed E-state index contributed by atoms with van der Waals surface area (Å²) in [7, 11) is 0. The number of rotatable bonds is 7. The van der Waals surface area contributed by atoms with Gasteiger partial charge in [-0.05, 0) is 26.8 Å². The molecule has 0 aliphatic carbocycles. The third kappa shape index (κ3) is 4.17. The second-order valence-corrected chi connectivity index (χ2v) is 4.05. The fourth-order valence-electron chi connectivity index (χ4n) is 1.18. The molecule has 1 N–H and O–H groups in total. The highest BCUT2D eigenvalue weighted by molar-refractivity contribution is 7.09. The topological polar surface area (TPSA) is 34.1 Å². The van der Waals surface area contributed by atoms with Gasteiger partial charge in [0.2, 0.25) is 0 Å². The number of nitrogens with zero attached hydrogens (tertiary/aromatic N) is 1. The molecule has 1 atom stereocenters. The van der Waals surface area contributed by atoms with Crippen LogP contribution in [0.1, 0.15) is 31.2 Å². The molecular weight excluding hydrogens is 196 g/mol. The lowest BCUT2D eigenvalue weighted by atomic mass is 10.3. The van der Waals surface area contributed by atoms with Crippen LogP contribution in [0.15, 0.2) is 11.7 Å². The molecule has 4 heteroatoms. The van der Waals surface area contributed by atoms with E-state index in [1.807, 2.05) is 18.6 Å². The summed E-state index contributed by atoms with van der Waals surface area (Å²) in [6.07, 6.45) is 2.99. The van der Waals surface area contributed by atoms with Gasteiger partial charge in [-0.25, -0.2) is 0 Å². The predicted octanol–water partition coefficient (Wildman–Crippen LogP) is 2.22. The van der Waals surface area contributed by atoms with E-state index in [1.54, 1.807) is 11.3 Å². The molecule has 0 radical (unpaired) electrons. The van der Waals surface area contributed by atoms with Crippen LogP contribution in [0.3, 0.4) is 0 Å². The fourth-order valence-corrected chi connectivity index (χ4v) is 1.83. The Kier molecular flexibility index (Phi) is 5.75. The van der Waals surface area contributed by atoms with Gasteiger partial charge in [0.1, 0.15) is 0 Å². The largest absolute Gasteiger partial charge is 0.382 e. The Hall–Kier alpha value is -0.450. The van der Waals surface area contributed by atoms with E-state index in [4.69, 9.17) is 4.74 Å². The minimum atomic E-state index is 0.407. The molecule has 0 aliphatic rings. The zero-order chi connectivity index (χ0) is 10.2. The quantitative estimate of drug-likeness (QED) is 0.707. The van der Waals surface area contributed by atoms with E-state index in [0.717, 1.165) is 26.2 Å². The van der Waals surface area contributed by atoms with Crippen LogP contribution in [-0.2, 0) is 4.74 Å². The van der Waals surface area contributed by atoms with Crippen molar-refractivity contribution in [2.75, 3.05) is 19.8 Å². The summed E-state index contributed by atoms with van der Waals surface area (Å²) in [6, 6.07) is 0.407. The second kappa shape index (κ2) is 6.92. The number of aromatic nitrogens is 1. The van der Waals surface area contributed by atoms with Gasteiger partial charge in [0.05, 0.1) is 5.51 Å². The van der Waals surface area contributed by atoms with E-state index in [1.165, 1.54) is 4.88 Å². The van der Waals surface area contributed by atoms with E-state index >= 15 is 0 Å². The van der Waals surface area contributed by atoms with Gasteiger partial charge in [-0.3, -0.25) is 4.98 Å². The zero-order valence-corrected chi connectivity index (χ0v) is 9.64. The van der Waals surface area contributed by atoms with Gasteiger partial charge in [0.15, 0.2) is 0 Å². The maximum absolute atomic E-state index is 5.26. The molecule has 0 fully saturated rings. The summed E-state index contributed by atoms with van der Waals surface area (Å²) >= 11 is 1.69. The fraction of sp³-hybridized carbons (Fsp3) is 0.700. The molecule has 0 saturated heterocycles. The predicted molar refractivity (Wildman–Crippen MR) is 59.6 cm³/mol. The lowest BCUT2D eigenvalue weighted by Crippen LogP contribution is -2.20. The van der Waals surface area contributed by atoms with Gasteiger partial charge in [-0.2, -0.15) is 0 Å². The van der Waals surface area contributed by atoms with Gasteiger partial charge in [0, 0.05) is 30.3 Å². The second-order valence-electron chi connectivity index (χ2n) is 3.13. The maximum atomic E-state index is 5.26. The van der Waals surface area contributed by atoms with Gasteiger partial charge in [0.25, 0.3) is 0 Å². The monoisotopic (exact) mass is 214 g/mol. The molecule has 1 aromatic rings. The summed E-state index contributed by atoms with van der Waals surface area (Å²) in [4.78, 5) is 5.35. The summed E-state index contributed by atoms with van der Waals surface area (Å²) in [5.74, 6) is 0. The van der Waals surface area contributed by atoms with Gasteiger partial charge < -0.3 is 10.1 Å². The van der Waals surface area contributed by atoms with Crippen LogP contribution in [-0.4, -0.2) is 24.7 Å². The first kappa shape index (κ1) is 11.6. The summed E-state index contributed by atoms with van der Waals surface area (Å²) in [6.45, 7) is 6.84. The number of nitrogens with one attached hydrogen (secondary N) is 1. The Labute approximate surface area is 89.5 Å². The van der Waals surface area contributed by atoms with Crippen LogP contribution in [0.4, 0.5) is 0 Å². The molecule has 80 valence electrons. The van der Waals surface area contributed by atoms with Crippen molar-refractivity contribution in [3.8, 4) is 0 Å². The molecule has 0 aliphatic heterocycles. The van der Waals surface area contributed by atoms with E-state index < -0.39 is 0 Å². The van der Waals surface area contributed by atoms with Crippen molar-refractivity contribution in [2.45, 2.75) is 26.3 Å². The maximum Gasteiger partial charge on any atom is 0.0794 e. The van der Waals surface area contributed by atoms with Crippen molar-refractivity contribution in [1.82, 2.24) is 10.3 Å². The first-order valence-electron chi connectivity index (χ1n) is 5.04. The standard InChI is InChI=1S/C10H18N2OS/c1-3-13-6-4-5-12-9(2)10-7-11-8-14-10/h7-9,12H,3-6H2,1-2H3. The minimum Gasteiger partial charge on any atom is -0.382 e. The molecule has 0 aromatic carbocycles. The molecule has 14 heavy (non-hydrogen) atoms. The lowest BCUT2D eigenvalue weighted by molar-refractivity contribution is 0.144. The number of ether oxygens (including phenoxy) is 1. The Balaban J connectivity index is 2.07. The molecule has 1 unspecified atom stereocenters. The van der Waals surface area contributed by atoms with E-state index in [2.05, 4.69) is 17.2 Å². The molecule has 1 heterocycles. The number of hydrogen-bond acceptors (Lipinski definition) is 4. The van der Waals surface area contributed by atoms with E-state index in [9.17, 15) is 0 Å². The van der Waals surface area contributed by atoms with Crippen LogP contribution in [0, 0.1) is 0 Å². The summed E-state index contributed by atoms with van der Waals surface area (Å²) < 4.78 is 5.26. The molecule has 0 amide bonds. The highest BCUT2D eigenvalue weighted by atomic mass is 32.1. The van der Waals surface area contributed by atoms with Crippen molar-refractivity contribution in [2.24, 2.45) is 0 Å². The van der Waals surface area contributed by atoms with Crippen LogP contribution < -0.4 is 5.32 Å². The van der Waals surface area contributed by atoms with E-state index in [0.29, 0.717) is 6.04 Å². The third-order valence-corrected chi connectivity index (χ3v) is 2.96. The van der Waals surface area contributed by atoms with Gasteiger partial charge in [-0.15, -0.1) is 11.3 Å². The summed E-state index contributed by atoms with van der Waals surface area (Å²) in [5, 5.41) is 3.43. The smallest absolute Gasteiger partial charge is 0.0794 e. The highest BCUT2D eigenvalue weighted by Crippen LogP contribution is 2.15. The average Bonchev–Trinajstić information content (AvgIpc) is 2.70. The third-order valence-electron chi connectivity index (χ3n) is 2.00. The molecule has 1 aromatic heterocycles. The Morgan fingerprint density at radius 2 is 2.50 bits per heavy atom. The van der Waals surface area contributed by atoms with Crippen LogP contribution in [0.2, 0.25) is 0 Å². The van der Waals surface area contributed by atoms with Crippen molar-refractivity contribution in [3.05, 3.63) is 16.6 Å². The number of thiazole rings is 1. The lowest BCUT2D eigenvalue weighted by Gasteiger charge is -2.10. The summed E-state index contributed by atoms with van der Waals surface area (Å²) in [5.41, 5.74) is 1.87. The SMILES string of the molecule is CCOCCCNC(C)c1cncs1. The Morgan fingerprint density at radius 3 is 3.14 bits per heavy atom. The molecule has 1 rings (SSSR count). The minimum absolute atomic E-state index is 0.407. The van der Waals surface area contributed by atoms with Crippen molar-refractivity contribution in [3.63, 3.8) is 0 Å². The van der Waals surface area contributed by atoms with Crippen molar-refractivity contribution in [1.29, 1.82) is 0 Å². The Morgan fingerprint density at radius 1 is 1.64 bits per heavy atom. The zero-order valence-electron chi connectivity index (χ0n) is 8.82. The first-order valence-corrected chi connectivity index (χ1v) is 5.92. The average molecular weight is 214 g/mol. The molecule has 0 bridgehead atoms. The molecule has 3 nitrogen and oxygen atoms in total. The normalized spacial score (nSPS) is 13.0. The molecule has 0 saturated carbocycles. The highest BCUT2D eigenvalue weighted by Gasteiger charge is 2.04.